The number of rotatable bonds is 3. The highest BCUT2D eigenvalue weighted by Gasteiger charge is 2.04. The smallest absolute Gasteiger partial charge is 0.169 e. The first-order valence-electron chi connectivity index (χ1n) is 4.59. The molecule has 3 heteroatoms. The van der Waals surface area contributed by atoms with Crippen molar-refractivity contribution in [2.24, 2.45) is 0 Å². The number of Topliss-reactive ketones (excluding diaryl/α,β-unsaturated/α-hetero) is 1. The summed E-state index contributed by atoms with van der Waals surface area (Å²) in [5.74, 6) is 0.139. The fraction of sp³-hybridized carbons (Fsp3) is 0.0833. The molecule has 0 radical (unpaired) electrons. The van der Waals surface area contributed by atoms with E-state index < -0.39 is 0 Å². The molecule has 0 aliphatic rings. The number of thiophene rings is 1. The lowest BCUT2D eigenvalue weighted by molar-refractivity contribution is 0.102. The van der Waals surface area contributed by atoms with Crippen LogP contribution in [0.1, 0.15) is 16.6 Å². The molecule has 0 N–H and O–H groups in total. The van der Waals surface area contributed by atoms with Gasteiger partial charge in [0.05, 0.1) is 9.09 Å². The molecular formula is C12H10OS2. The molecule has 0 saturated heterocycles. The minimum Gasteiger partial charge on any atom is -0.294 e. The Morgan fingerprint density at radius 2 is 1.87 bits per heavy atom. The van der Waals surface area contributed by atoms with Crippen molar-refractivity contribution in [3.63, 3.8) is 0 Å². The summed E-state index contributed by atoms with van der Waals surface area (Å²) in [6.45, 7) is 1.60. The summed E-state index contributed by atoms with van der Waals surface area (Å²) in [5.41, 5.74) is 0. The Kier molecular flexibility index (Phi) is 3.23. The van der Waals surface area contributed by atoms with Crippen LogP contribution in [0.3, 0.4) is 0 Å². The van der Waals surface area contributed by atoms with Crippen LogP contribution in [0, 0.1) is 0 Å². The van der Waals surface area contributed by atoms with Gasteiger partial charge in [0.2, 0.25) is 0 Å². The van der Waals surface area contributed by atoms with Crippen molar-refractivity contribution in [3.05, 3.63) is 47.3 Å². The van der Waals surface area contributed by atoms with Crippen LogP contribution in [0.5, 0.6) is 0 Å². The Hall–Kier alpha value is -1.06. The van der Waals surface area contributed by atoms with Crippen LogP contribution < -0.4 is 0 Å². The SMILES string of the molecule is CC(=O)c1ccc(Sc2ccccc2)s1. The van der Waals surface area contributed by atoms with Crippen molar-refractivity contribution < 1.29 is 4.79 Å². The second-order valence-electron chi connectivity index (χ2n) is 3.09. The highest BCUT2D eigenvalue weighted by Crippen LogP contribution is 2.33. The number of benzene rings is 1. The lowest BCUT2D eigenvalue weighted by Gasteiger charge is -1.96. The second-order valence-corrected chi connectivity index (χ2v) is 5.55. The molecular weight excluding hydrogens is 224 g/mol. The summed E-state index contributed by atoms with van der Waals surface area (Å²) >= 11 is 3.24. The number of hydrogen-bond acceptors (Lipinski definition) is 3. The fourth-order valence-electron chi connectivity index (χ4n) is 1.17. The zero-order valence-electron chi connectivity index (χ0n) is 8.27. The lowest BCUT2D eigenvalue weighted by atomic mass is 10.4. The van der Waals surface area contributed by atoms with Gasteiger partial charge in [0.25, 0.3) is 0 Å². The van der Waals surface area contributed by atoms with Gasteiger partial charge >= 0.3 is 0 Å². The third-order valence-electron chi connectivity index (χ3n) is 1.89. The molecule has 0 fully saturated rings. The van der Waals surface area contributed by atoms with Gasteiger partial charge in [-0.05, 0) is 31.2 Å². The minimum atomic E-state index is 0.139. The van der Waals surface area contributed by atoms with E-state index in [0.29, 0.717) is 0 Å². The van der Waals surface area contributed by atoms with E-state index >= 15 is 0 Å². The van der Waals surface area contributed by atoms with Gasteiger partial charge in [0.1, 0.15) is 0 Å². The van der Waals surface area contributed by atoms with Crippen LogP contribution in [-0.4, -0.2) is 5.78 Å². The predicted molar refractivity (Wildman–Crippen MR) is 64.9 cm³/mol. The van der Waals surface area contributed by atoms with Gasteiger partial charge in [-0.1, -0.05) is 30.0 Å². The average Bonchev–Trinajstić information content (AvgIpc) is 2.68. The number of carbonyl (C=O) groups excluding carboxylic acids is 1. The van der Waals surface area contributed by atoms with E-state index in [-0.39, 0.29) is 5.78 Å². The minimum absolute atomic E-state index is 0.139. The summed E-state index contributed by atoms with van der Waals surface area (Å²) in [6, 6.07) is 14.1. The first-order valence-corrected chi connectivity index (χ1v) is 6.22. The van der Waals surface area contributed by atoms with Gasteiger partial charge in [-0.15, -0.1) is 11.3 Å². The van der Waals surface area contributed by atoms with E-state index in [1.165, 1.54) is 4.90 Å². The van der Waals surface area contributed by atoms with Crippen LogP contribution in [0.25, 0.3) is 0 Å². The molecule has 0 aliphatic carbocycles. The van der Waals surface area contributed by atoms with Crippen molar-refractivity contribution in [3.8, 4) is 0 Å². The maximum Gasteiger partial charge on any atom is 0.169 e. The molecule has 1 aromatic heterocycles. The monoisotopic (exact) mass is 234 g/mol. The predicted octanol–water partition coefficient (Wildman–Crippen LogP) is 4.10. The van der Waals surface area contributed by atoms with Crippen LogP contribution in [0.15, 0.2) is 51.6 Å². The van der Waals surface area contributed by atoms with Gasteiger partial charge < -0.3 is 0 Å². The molecule has 0 aliphatic heterocycles. The average molecular weight is 234 g/mol. The van der Waals surface area contributed by atoms with Crippen LogP contribution >= 0.6 is 23.1 Å². The quantitative estimate of drug-likeness (QED) is 0.744. The summed E-state index contributed by atoms with van der Waals surface area (Å²) in [4.78, 5) is 13.1. The van der Waals surface area contributed by atoms with Crippen molar-refractivity contribution >= 4 is 28.9 Å². The molecule has 2 rings (SSSR count). The second kappa shape index (κ2) is 4.64. The molecule has 0 spiro atoms. The summed E-state index contributed by atoms with van der Waals surface area (Å²) in [7, 11) is 0. The first kappa shape index (κ1) is 10.5. The van der Waals surface area contributed by atoms with Gasteiger partial charge in [-0.25, -0.2) is 0 Å². The zero-order valence-corrected chi connectivity index (χ0v) is 9.90. The standard InChI is InChI=1S/C12H10OS2/c1-9(13)11-7-8-12(15-11)14-10-5-3-2-4-6-10/h2-8H,1H3. The van der Waals surface area contributed by atoms with E-state index in [1.807, 2.05) is 30.3 Å². The van der Waals surface area contributed by atoms with Crippen molar-refractivity contribution in [2.75, 3.05) is 0 Å². The number of carbonyl (C=O) groups is 1. The molecule has 1 heterocycles. The van der Waals surface area contributed by atoms with Crippen LogP contribution in [0.2, 0.25) is 0 Å². The van der Waals surface area contributed by atoms with Crippen molar-refractivity contribution in [2.45, 2.75) is 16.0 Å². The molecule has 0 saturated carbocycles. The topological polar surface area (TPSA) is 17.1 Å². The molecule has 0 atom stereocenters. The lowest BCUT2D eigenvalue weighted by Crippen LogP contribution is -1.83. The summed E-state index contributed by atoms with van der Waals surface area (Å²) in [6.07, 6.45) is 0. The largest absolute Gasteiger partial charge is 0.294 e. The molecule has 1 aromatic carbocycles. The molecule has 0 unspecified atom stereocenters. The third kappa shape index (κ3) is 2.70. The Bertz CT molecular complexity index is 459. The van der Waals surface area contributed by atoms with Gasteiger partial charge in [0.15, 0.2) is 5.78 Å². The van der Waals surface area contributed by atoms with Gasteiger partial charge in [-0.3, -0.25) is 4.79 Å². The first-order chi connectivity index (χ1) is 7.25. The molecule has 0 bridgehead atoms. The zero-order chi connectivity index (χ0) is 10.7. The third-order valence-corrected chi connectivity index (χ3v) is 4.22. The van der Waals surface area contributed by atoms with Gasteiger partial charge in [-0.2, -0.15) is 0 Å². The van der Waals surface area contributed by atoms with Crippen LogP contribution in [-0.2, 0) is 0 Å². The highest BCUT2D eigenvalue weighted by molar-refractivity contribution is 8.01. The maximum atomic E-state index is 11.1. The maximum absolute atomic E-state index is 11.1. The Balaban J connectivity index is 2.15. The Labute approximate surface area is 97.1 Å². The van der Waals surface area contributed by atoms with E-state index in [0.717, 1.165) is 9.09 Å². The number of hydrogen-bond donors (Lipinski definition) is 0. The van der Waals surface area contributed by atoms with Crippen molar-refractivity contribution in [1.29, 1.82) is 0 Å². The van der Waals surface area contributed by atoms with Gasteiger partial charge in [0, 0.05) is 4.90 Å². The highest BCUT2D eigenvalue weighted by atomic mass is 32.2. The normalized spacial score (nSPS) is 10.2. The van der Waals surface area contributed by atoms with E-state index in [9.17, 15) is 4.79 Å². The van der Waals surface area contributed by atoms with E-state index in [1.54, 1.807) is 30.0 Å². The van der Waals surface area contributed by atoms with Crippen LogP contribution in [0.4, 0.5) is 0 Å². The van der Waals surface area contributed by atoms with E-state index in [2.05, 4.69) is 12.1 Å². The number of ketones is 1. The van der Waals surface area contributed by atoms with E-state index in [4.69, 9.17) is 0 Å². The molecule has 0 amide bonds. The molecule has 2 aromatic rings. The Morgan fingerprint density at radius 3 is 2.47 bits per heavy atom. The molecule has 15 heavy (non-hydrogen) atoms. The fourth-order valence-corrected chi connectivity index (χ4v) is 3.19. The Morgan fingerprint density at radius 1 is 1.13 bits per heavy atom. The molecule has 1 nitrogen and oxygen atoms in total. The van der Waals surface area contributed by atoms with Crippen molar-refractivity contribution in [1.82, 2.24) is 0 Å². The summed E-state index contributed by atoms with van der Waals surface area (Å²) in [5, 5.41) is 0. The summed E-state index contributed by atoms with van der Waals surface area (Å²) < 4.78 is 1.16. The molecule has 76 valence electrons.